The third kappa shape index (κ3) is 3.01. The van der Waals surface area contributed by atoms with Gasteiger partial charge >= 0.3 is 0 Å². The summed E-state index contributed by atoms with van der Waals surface area (Å²) in [5.74, 6) is 0.902. The molecule has 0 atom stereocenters. The van der Waals surface area contributed by atoms with Crippen molar-refractivity contribution in [3.63, 3.8) is 0 Å². The Labute approximate surface area is 107 Å². The molecule has 1 fully saturated rings. The number of carbonyl (C=O) groups excluding carboxylic acids is 1. The molecule has 2 heterocycles. The first-order valence-corrected chi connectivity index (χ1v) is 6.31. The first-order chi connectivity index (χ1) is 8.56. The van der Waals surface area contributed by atoms with Crippen LogP contribution in [0.25, 0.3) is 0 Å². The molecule has 1 aliphatic heterocycles. The number of H-pyrrole nitrogens is 1. The molecule has 0 bridgehead atoms. The highest BCUT2D eigenvalue weighted by Crippen LogP contribution is 2.17. The van der Waals surface area contributed by atoms with Crippen LogP contribution in [0.4, 0.5) is 5.82 Å². The van der Waals surface area contributed by atoms with E-state index in [0.29, 0.717) is 17.4 Å². The minimum atomic E-state index is -0.0434. The van der Waals surface area contributed by atoms with Crippen molar-refractivity contribution in [1.82, 2.24) is 20.0 Å². The number of likely N-dealkylation sites (tertiary alicyclic amines) is 1. The fraction of sp³-hybridized carbons (Fsp3) is 0.667. The number of nitrogens with zero attached hydrogens (tertiary/aromatic N) is 3. The molecule has 0 saturated carbocycles. The van der Waals surface area contributed by atoms with Gasteiger partial charge in [0.2, 0.25) is 0 Å². The molecule has 0 unspecified atom stereocenters. The molecule has 0 spiro atoms. The van der Waals surface area contributed by atoms with Crippen LogP contribution in [0.5, 0.6) is 0 Å². The van der Waals surface area contributed by atoms with E-state index in [0.717, 1.165) is 32.5 Å². The van der Waals surface area contributed by atoms with Gasteiger partial charge in [-0.2, -0.15) is 5.10 Å². The van der Waals surface area contributed by atoms with E-state index in [1.54, 1.807) is 11.0 Å². The smallest absolute Gasteiger partial charge is 0.271 e. The van der Waals surface area contributed by atoms with Gasteiger partial charge in [0.1, 0.15) is 11.5 Å². The Hall–Kier alpha value is -1.56. The molecular formula is C12H21N5O. The molecule has 18 heavy (non-hydrogen) atoms. The lowest BCUT2D eigenvalue weighted by atomic mass is 9.96. The normalized spacial score (nSPS) is 17.9. The average molecular weight is 251 g/mol. The number of nitrogens with two attached hydrogens (primary N) is 1. The molecule has 1 aromatic heterocycles. The molecule has 0 aromatic carbocycles. The molecular weight excluding hydrogens is 230 g/mol. The Morgan fingerprint density at radius 1 is 1.61 bits per heavy atom. The van der Waals surface area contributed by atoms with E-state index >= 15 is 0 Å². The summed E-state index contributed by atoms with van der Waals surface area (Å²) in [6.07, 6.45) is 2.30. The Bertz CT molecular complexity index is 408. The van der Waals surface area contributed by atoms with Crippen LogP contribution in [-0.4, -0.2) is 59.6 Å². The van der Waals surface area contributed by atoms with Crippen molar-refractivity contribution < 1.29 is 4.79 Å². The van der Waals surface area contributed by atoms with Gasteiger partial charge < -0.3 is 15.5 Å². The van der Waals surface area contributed by atoms with Crippen molar-refractivity contribution in [1.29, 1.82) is 0 Å². The number of rotatable bonds is 3. The molecule has 6 heteroatoms. The fourth-order valence-corrected chi connectivity index (χ4v) is 2.37. The molecule has 1 aliphatic rings. The minimum Gasteiger partial charge on any atom is -0.382 e. The molecule has 1 saturated heterocycles. The molecule has 6 nitrogen and oxygen atoms in total. The predicted molar refractivity (Wildman–Crippen MR) is 70.2 cm³/mol. The predicted octanol–water partition coefficient (Wildman–Crippen LogP) is 0.406. The SMILES string of the molecule is CN1CCC(CN(C)C(=O)c2cc(N)n[nH]2)CC1. The zero-order valence-electron chi connectivity index (χ0n) is 11.0. The summed E-state index contributed by atoms with van der Waals surface area (Å²) in [6, 6.07) is 1.58. The highest BCUT2D eigenvalue weighted by Gasteiger charge is 2.21. The Kier molecular flexibility index (Phi) is 3.86. The van der Waals surface area contributed by atoms with Gasteiger partial charge in [-0.1, -0.05) is 0 Å². The summed E-state index contributed by atoms with van der Waals surface area (Å²) >= 11 is 0. The quantitative estimate of drug-likeness (QED) is 0.815. The van der Waals surface area contributed by atoms with Gasteiger partial charge in [0.25, 0.3) is 5.91 Å². The molecule has 2 rings (SSSR count). The third-order valence-corrected chi connectivity index (χ3v) is 3.54. The van der Waals surface area contributed by atoms with Crippen LogP contribution in [0.3, 0.4) is 0 Å². The summed E-state index contributed by atoms with van der Waals surface area (Å²) in [5.41, 5.74) is 5.96. The zero-order valence-corrected chi connectivity index (χ0v) is 11.0. The maximum absolute atomic E-state index is 12.1. The van der Waals surface area contributed by atoms with Crippen LogP contribution in [0.1, 0.15) is 23.3 Å². The van der Waals surface area contributed by atoms with Gasteiger partial charge in [-0.25, -0.2) is 0 Å². The maximum Gasteiger partial charge on any atom is 0.271 e. The topological polar surface area (TPSA) is 78.2 Å². The molecule has 100 valence electrons. The van der Waals surface area contributed by atoms with E-state index in [9.17, 15) is 4.79 Å². The lowest BCUT2D eigenvalue weighted by Gasteiger charge is -2.31. The first-order valence-electron chi connectivity index (χ1n) is 6.31. The van der Waals surface area contributed by atoms with Crippen molar-refractivity contribution in [2.24, 2.45) is 5.92 Å². The number of amides is 1. The van der Waals surface area contributed by atoms with Crippen molar-refractivity contribution >= 4 is 11.7 Å². The van der Waals surface area contributed by atoms with Crippen molar-refractivity contribution in [2.45, 2.75) is 12.8 Å². The zero-order chi connectivity index (χ0) is 13.1. The van der Waals surface area contributed by atoms with Gasteiger partial charge in [-0.15, -0.1) is 0 Å². The largest absolute Gasteiger partial charge is 0.382 e. The summed E-state index contributed by atoms with van der Waals surface area (Å²) in [4.78, 5) is 16.2. The van der Waals surface area contributed by atoms with Crippen LogP contribution >= 0.6 is 0 Å². The van der Waals surface area contributed by atoms with Crippen molar-refractivity contribution in [3.05, 3.63) is 11.8 Å². The number of piperidine rings is 1. The second-order valence-corrected chi connectivity index (χ2v) is 5.14. The summed E-state index contributed by atoms with van der Waals surface area (Å²) < 4.78 is 0. The monoisotopic (exact) mass is 251 g/mol. The fourth-order valence-electron chi connectivity index (χ4n) is 2.37. The Morgan fingerprint density at radius 2 is 2.28 bits per heavy atom. The highest BCUT2D eigenvalue weighted by molar-refractivity contribution is 5.92. The Balaban J connectivity index is 1.88. The average Bonchev–Trinajstić information content (AvgIpc) is 2.78. The number of nitrogen functional groups attached to an aromatic ring is 1. The van der Waals surface area contributed by atoms with E-state index in [1.807, 2.05) is 7.05 Å². The molecule has 3 N–H and O–H groups in total. The first kappa shape index (κ1) is 12.9. The molecule has 0 radical (unpaired) electrons. The van der Waals surface area contributed by atoms with Crippen LogP contribution < -0.4 is 5.73 Å². The number of hydrogen-bond donors (Lipinski definition) is 2. The van der Waals surface area contributed by atoms with E-state index in [1.165, 1.54) is 0 Å². The lowest BCUT2D eigenvalue weighted by molar-refractivity contribution is 0.0741. The van der Waals surface area contributed by atoms with Crippen LogP contribution in [0, 0.1) is 5.92 Å². The van der Waals surface area contributed by atoms with Gasteiger partial charge in [0, 0.05) is 19.7 Å². The van der Waals surface area contributed by atoms with Crippen molar-refractivity contribution in [3.8, 4) is 0 Å². The number of hydrogen-bond acceptors (Lipinski definition) is 4. The second kappa shape index (κ2) is 5.39. The number of anilines is 1. The number of aromatic nitrogens is 2. The van der Waals surface area contributed by atoms with Crippen LogP contribution in [0.15, 0.2) is 6.07 Å². The minimum absolute atomic E-state index is 0.0434. The van der Waals surface area contributed by atoms with Gasteiger partial charge in [0.15, 0.2) is 0 Å². The van der Waals surface area contributed by atoms with Gasteiger partial charge in [-0.05, 0) is 38.9 Å². The summed E-state index contributed by atoms with van der Waals surface area (Å²) in [5, 5.41) is 6.43. The Morgan fingerprint density at radius 3 is 2.83 bits per heavy atom. The third-order valence-electron chi connectivity index (χ3n) is 3.54. The molecule has 0 aliphatic carbocycles. The maximum atomic E-state index is 12.1. The van der Waals surface area contributed by atoms with E-state index in [-0.39, 0.29) is 5.91 Å². The second-order valence-electron chi connectivity index (χ2n) is 5.14. The van der Waals surface area contributed by atoms with Gasteiger partial charge in [-0.3, -0.25) is 9.89 Å². The lowest BCUT2D eigenvalue weighted by Crippen LogP contribution is -2.38. The summed E-state index contributed by atoms with van der Waals surface area (Å²) in [7, 11) is 3.97. The highest BCUT2D eigenvalue weighted by atomic mass is 16.2. The van der Waals surface area contributed by atoms with Gasteiger partial charge in [0.05, 0.1) is 0 Å². The molecule has 1 aromatic rings. The van der Waals surface area contributed by atoms with Crippen LogP contribution in [0.2, 0.25) is 0 Å². The van der Waals surface area contributed by atoms with Crippen LogP contribution in [-0.2, 0) is 0 Å². The number of aromatic amines is 1. The number of carbonyl (C=O) groups is 1. The summed E-state index contributed by atoms with van der Waals surface area (Å²) in [6.45, 7) is 3.03. The molecule has 1 amide bonds. The van der Waals surface area contributed by atoms with E-state index in [4.69, 9.17) is 5.73 Å². The van der Waals surface area contributed by atoms with Crippen molar-refractivity contribution in [2.75, 3.05) is 39.5 Å². The van der Waals surface area contributed by atoms with E-state index < -0.39 is 0 Å². The number of nitrogens with one attached hydrogen (secondary N) is 1. The van der Waals surface area contributed by atoms with E-state index in [2.05, 4.69) is 22.1 Å². The standard InChI is InChI=1S/C12H21N5O/c1-16-5-3-9(4-6-16)8-17(2)12(18)10-7-11(13)15-14-10/h7,9H,3-6,8H2,1-2H3,(H3,13,14,15).